The number of nitrogens with zero attached hydrogens (tertiary/aromatic N) is 3. The van der Waals surface area contributed by atoms with Crippen molar-refractivity contribution in [2.75, 3.05) is 18.0 Å². The van der Waals surface area contributed by atoms with Crippen LogP contribution in [-0.2, 0) is 0 Å². The van der Waals surface area contributed by atoms with Crippen molar-refractivity contribution in [1.82, 2.24) is 4.98 Å². The maximum Gasteiger partial charge on any atom is 0.130 e. The summed E-state index contributed by atoms with van der Waals surface area (Å²) >= 11 is 6.01. The summed E-state index contributed by atoms with van der Waals surface area (Å²) < 4.78 is 0. The first-order chi connectivity index (χ1) is 10.2. The van der Waals surface area contributed by atoms with E-state index in [-0.39, 0.29) is 0 Å². The van der Waals surface area contributed by atoms with E-state index in [1.165, 1.54) is 0 Å². The van der Waals surface area contributed by atoms with Crippen LogP contribution in [0.1, 0.15) is 18.4 Å². The highest BCUT2D eigenvalue weighted by Gasteiger charge is 2.19. The third-order valence-corrected chi connectivity index (χ3v) is 4.31. The van der Waals surface area contributed by atoms with Gasteiger partial charge < -0.3 is 4.90 Å². The van der Waals surface area contributed by atoms with Gasteiger partial charge in [-0.2, -0.15) is 5.26 Å². The Hall–Kier alpha value is -2.05. The topological polar surface area (TPSA) is 39.9 Å². The van der Waals surface area contributed by atoms with Crippen molar-refractivity contribution in [3.05, 3.63) is 47.5 Å². The minimum Gasteiger partial charge on any atom is -0.357 e. The van der Waals surface area contributed by atoms with E-state index >= 15 is 0 Å². The quantitative estimate of drug-likeness (QED) is 0.781. The largest absolute Gasteiger partial charge is 0.357 e. The van der Waals surface area contributed by atoms with Gasteiger partial charge in [0.2, 0.25) is 0 Å². The zero-order valence-electron chi connectivity index (χ0n) is 11.7. The van der Waals surface area contributed by atoms with Crippen LogP contribution in [0.2, 0.25) is 5.02 Å². The zero-order chi connectivity index (χ0) is 14.8. The minimum absolute atomic E-state index is 0.593. The highest BCUT2D eigenvalue weighted by molar-refractivity contribution is 6.31. The molecule has 3 rings (SSSR count). The smallest absolute Gasteiger partial charge is 0.130 e. The zero-order valence-corrected chi connectivity index (χ0v) is 12.5. The number of benzene rings is 1. The van der Waals surface area contributed by atoms with Crippen LogP contribution in [0, 0.1) is 17.2 Å². The average molecular weight is 298 g/mol. The molecule has 0 N–H and O–H groups in total. The van der Waals surface area contributed by atoms with Crippen LogP contribution in [0.3, 0.4) is 0 Å². The van der Waals surface area contributed by atoms with Gasteiger partial charge in [0.25, 0.3) is 0 Å². The molecule has 2 aromatic rings. The number of hydrogen-bond donors (Lipinski definition) is 0. The summed E-state index contributed by atoms with van der Waals surface area (Å²) in [7, 11) is 0. The molecule has 0 saturated carbocycles. The van der Waals surface area contributed by atoms with Gasteiger partial charge in [0, 0.05) is 23.5 Å². The summed E-state index contributed by atoms with van der Waals surface area (Å²) in [5, 5.41) is 10.8. The van der Waals surface area contributed by atoms with E-state index in [9.17, 15) is 5.26 Å². The third-order valence-electron chi connectivity index (χ3n) is 4.07. The Labute approximate surface area is 129 Å². The number of hydrogen-bond acceptors (Lipinski definition) is 3. The Morgan fingerprint density at radius 2 is 2.10 bits per heavy atom. The minimum atomic E-state index is 0.593. The van der Waals surface area contributed by atoms with Crippen molar-refractivity contribution in [2.45, 2.75) is 12.8 Å². The molecule has 1 aliphatic heterocycles. The molecular formula is C17H16ClN3. The summed E-state index contributed by atoms with van der Waals surface area (Å²) in [4.78, 5) is 6.93. The van der Waals surface area contributed by atoms with Crippen LogP contribution >= 0.6 is 11.6 Å². The second kappa shape index (κ2) is 5.75. The van der Waals surface area contributed by atoms with Crippen LogP contribution in [0.5, 0.6) is 0 Å². The lowest BCUT2D eigenvalue weighted by Crippen LogP contribution is -2.33. The van der Waals surface area contributed by atoms with Crippen molar-refractivity contribution in [3.8, 4) is 6.07 Å². The number of fused-ring (bicyclic) bond motifs is 1. The lowest BCUT2D eigenvalue weighted by Gasteiger charge is -2.31. The van der Waals surface area contributed by atoms with E-state index in [2.05, 4.69) is 22.5 Å². The first-order valence-electron chi connectivity index (χ1n) is 7.09. The fourth-order valence-electron chi connectivity index (χ4n) is 2.80. The predicted molar refractivity (Wildman–Crippen MR) is 86.6 cm³/mol. The predicted octanol–water partition coefficient (Wildman–Crippen LogP) is 4.16. The van der Waals surface area contributed by atoms with Crippen molar-refractivity contribution in [1.29, 1.82) is 5.26 Å². The number of allylic oxidation sites excluding steroid dienone is 1. The molecule has 0 spiro atoms. The lowest BCUT2D eigenvalue weighted by atomic mass is 9.97. The van der Waals surface area contributed by atoms with Crippen LogP contribution in [0.15, 0.2) is 36.9 Å². The van der Waals surface area contributed by atoms with Crippen molar-refractivity contribution in [2.24, 2.45) is 5.92 Å². The molecule has 106 valence electrons. The summed E-state index contributed by atoms with van der Waals surface area (Å²) in [6, 6.07) is 9.61. The molecule has 1 saturated heterocycles. The van der Waals surface area contributed by atoms with E-state index in [4.69, 9.17) is 11.6 Å². The molecule has 0 atom stereocenters. The van der Waals surface area contributed by atoms with Gasteiger partial charge >= 0.3 is 0 Å². The number of nitriles is 1. The van der Waals surface area contributed by atoms with E-state index in [1.54, 1.807) is 6.07 Å². The van der Waals surface area contributed by atoms with Crippen LogP contribution in [0.25, 0.3) is 10.9 Å². The molecular weight excluding hydrogens is 282 g/mol. The first kappa shape index (κ1) is 13.9. The van der Waals surface area contributed by atoms with E-state index in [0.717, 1.165) is 42.7 Å². The Morgan fingerprint density at radius 1 is 1.33 bits per heavy atom. The highest BCUT2D eigenvalue weighted by Crippen LogP contribution is 2.28. The maximum atomic E-state index is 9.38. The Kier molecular flexibility index (Phi) is 3.81. The molecule has 1 aliphatic rings. The normalized spacial score (nSPS) is 15.9. The van der Waals surface area contributed by atoms with Crippen LogP contribution in [0.4, 0.5) is 5.82 Å². The SMILES string of the molecule is C=CC1CCN(c2cc(C#N)c3cc(Cl)ccc3n2)CC1. The summed E-state index contributed by atoms with van der Waals surface area (Å²) in [6.07, 6.45) is 4.21. The fourth-order valence-corrected chi connectivity index (χ4v) is 2.97. The molecule has 1 aromatic heterocycles. The van der Waals surface area contributed by atoms with Gasteiger partial charge in [-0.3, -0.25) is 0 Å². The number of piperidine rings is 1. The fraction of sp³-hybridized carbons (Fsp3) is 0.294. The monoisotopic (exact) mass is 297 g/mol. The summed E-state index contributed by atoms with van der Waals surface area (Å²) in [5.41, 5.74) is 1.45. The average Bonchev–Trinajstić information content (AvgIpc) is 2.54. The van der Waals surface area contributed by atoms with Crippen molar-refractivity contribution >= 4 is 28.3 Å². The Morgan fingerprint density at radius 3 is 2.76 bits per heavy atom. The molecule has 1 fully saturated rings. The molecule has 0 aliphatic carbocycles. The second-order valence-corrected chi connectivity index (χ2v) is 5.80. The third kappa shape index (κ3) is 2.72. The van der Waals surface area contributed by atoms with Gasteiger partial charge in [-0.25, -0.2) is 4.98 Å². The molecule has 0 radical (unpaired) electrons. The van der Waals surface area contributed by atoms with Gasteiger partial charge in [0.1, 0.15) is 5.82 Å². The maximum absolute atomic E-state index is 9.38. The van der Waals surface area contributed by atoms with Gasteiger partial charge in [-0.15, -0.1) is 6.58 Å². The van der Waals surface area contributed by atoms with Gasteiger partial charge in [0.05, 0.1) is 17.1 Å². The van der Waals surface area contributed by atoms with Gasteiger partial charge in [-0.05, 0) is 43.0 Å². The van der Waals surface area contributed by atoms with Crippen molar-refractivity contribution < 1.29 is 0 Å². The lowest BCUT2D eigenvalue weighted by molar-refractivity contribution is 0.477. The molecule has 4 heteroatoms. The van der Waals surface area contributed by atoms with Gasteiger partial charge in [-0.1, -0.05) is 17.7 Å². The molecule has 21 heavy (non-hydrogen) atoms. The summed E-state index contributed by atoms with van der Waals surface area (Å²) in [5.74, 6) is 1.47. The van der Waals surface area contributed by atoms with Crippen LogP contribution < -0.4 is 4.90 Å². The molecule has 3 nitrogen and oxygen atoms in total. The molecule has 0 bridgehead atoms. The van der Waals surface area contributed by atoms with E-state index in [0.29, 0.717) is 16.5 Å². The number of aromatic nitrogens is 1. The van der Waals surface area contributed by atoms with Gasteiger partial charge in [0.15, 0.2) is 0 Å². The Balaban J connectivity index is 1.99. The second-order valence-electron chi connectivity index (χ2n) is 5.36. The number of rotatable bonds is 2. The molecule has 0 unspecified atom stereocenters. The first-order valence-corrected chi connectivity index (χ1v) is 7.47. The Bertz CT molecular complexity index is 725. The molecule has 2 heterocycles. The number of anilines is 1. The highest BCUT2D eigenvalue weighted by atomic mass is 35.5. The van der Waals surface area contributed by atoms with E-state index in [1.807, 2.05) is 24.3 Å². The molecule has 1 aromatic carbocycles. The van der Waals surface area contributed by atoms with Crippen molar-refractivity contribution in [3.63, 3.8) is 0 Å². The summed E-state index contributed by atoms with van der Waals surface area (Å²) in [6.45, 7) is 5.77. The number of halogens is 1. The molecule has 0 amide bonds. The standard InChI is InChI=1S/C17H16ClN3/c1-2-12-5-7-21(8-6-12)17-9-13(11-19)15-10-14(18)3-4-16(15)20-17/h2-4,9-10,12H,1,5-8H2. The van der Waals surface area contributed by atoms with Crippen LogP contribution in [-0.4, -0.2) is 18.1 Å². The van der Waals surface area contributed by atoms with E-state index < -0.39 is 0 Å². The number of pyridine rings is 1.